The van der Waals surface area contributed by atoms with Crippen molar-refractivity contribution < 1.29 is 9.18 Å². The largest absolute Gasteiger partial charge is 0.301 e. The van der Waals surface area contributed by atoms with Gasteiger partial charge in [-0.1, -0.05) is 19.8 Å². The molecule has 2 heteroatoms. The Hall–Kier alpha value is -0.400. The van der Waals surface area contributed by atoms with Crippen molar-refractivity contribution >= 4 is 6.04 Å². The lowest BCUT2D eigenvalue weighted by atomic mass is 10.2. The maximum Gasteiger partial charge on any atom is 0.301 e. The number of unbranched alkanes of at least 4 members (excludes halogenated alkanes) is 2. The third-order valence-electron chi connectivity index (χ3n) is 0.977. The van der Waals surface area contributed by atoms with Gasteiger partial charge in [-0.15, -0.1) is 0 Å². The summed E-state index contributed by atoms with van der Waals surface area (Å²) in [4.78, 5) is 9.65. The number of hydrogen-bond acceptors (Lipinski definition) is 1. The molecule has 0 radical (unpaired) electrons. The third kappa shape index (κ3) is 5.60. The highest BCUT2D eigenvalue weighted by atomic mass is 19.1. The van der Waals surface area contributed by atoms with E-state index in [4.69, 9.17) is 0 Å². The van der Waals surface area contributed by atoms with Gasteiger partial charge in [0, 0.05) is 6.42 Å². The summed E-state index contributed by atoms with van der Waals surface area (Å²) in [6.07, 6.45) is 2.79. The standard InChI is InChI=1S/C6H11FO/c1-2-3-4-5-6(7)8/h2-5H2,1H3. The van der Waals surface area contributed by atoms with Crippen LogP contribution in [0.3, 0.4) is 0 Å². The Morgan fingerprint density at radius 1 is 1.50 bits per heavy atom. The van der Waals surface area contributed by atoms with Crippen molar-refractivity contribution in [3.8, 4) is 0 Å². The van der Waals surface area contributed by atoms with Crippen LogP contribution in [0.2, 0.25) is 0 Å². The predicted molar refractivity (Wildman–Crippen MR) is 30.3 cm³/mol. The summed E-state index contributed by atoms with van der Waals surface area (Å²) in [7, 11) is 0. The molecule has 0 aromatic carbocycles. The van der Waals surface area contributed by atoms with Crippen molar-refractivity contribution in [2.24, 2.45) is 0 Å². The van der Waals surface area contributed by atoms with Gasteiger partial charge in [0.1, 0.15) is 0 Å². The summed E-state index contributed by atoms with van der Waals surface area (Å²) < 4.78 is 11.4. The van der Waals surface area contributed by atoms with Crippen molar-refractivity contribution in [1.29, 1.82) is 0 Å². The van der Waals surface area contributed by atoms with Crippen LogP contribution >= 0.6 is 0 Å². The van der Waals surface area contributed by atoms with E-state index < -0.39 is 6.04 Å². The number of hydrogen-bond donors (Lipinski definition) is 0. The highest BCUT2D eigenvalue weighted by Crippen LogP contribution is 1.99. The fourth-order valence-electron chi connectivity index (χ4n) is 0.514. The first-order chi connectivity index (χ1) is 3.77. The Balaban J connectivity index is 2.82. The van der Waals surface area contributed by atoms with Gasteiger partial charge in [-0.3, -0.25) is 4.79 Å². The normalized spacial score (nSPS) is 9.25. The molecule has 0 bridgehead atoms. The van der Waals surface area contributed by atoms with Gasteiger partial charge in [0.25, 0.3) is 0 Å². The van der Waals surface area contributed by atoms with Gasteiger partial charge in [0.05, 0.1) is 0 Å². The van der Waals surface area contributed by atoms with Gasteiger partial charge in [0.15, 0.2) is 0 Å². The Morgan fingerprint density at radius 3 is 2.50 bits per heavy atom. The number of carbonyl (C=O) groups excluding carboxylic acids is 1. The maximum atomic E-state index is 11.4. The van der Waals surface area contributed by atoms with Crippen molar-refractivity contribution in [2.45, 2.75) is 32.6 Å². The van der Waals surface area contributed by atoms with Crippen LogP contribution in [0, 0.1) is 0 Å². The van der Waals surface area contributed by atoms with E-state index in [0.717, 1.165) is 12.8 Å². The molecule has 8 heavy (non-hydrogen) atoms. The molecule has 0 aromatic rings. The number of halogens is 1. The second-order valence-electron chi connectivity index (χ2n) is 1.81. The highest BCUT2D eigenvalue weighted by Gasteiger charge is 1.94. The van der Waals surface area contributed by atoms with Gasteiger partial charge >= 0.3 is 6.04 Å². The zero-order chi connectivity index (χ0) is 6.41. The second kappa shape index (κ2) is 4.75. The van der Waals surface area contributed by atoms with E-state index in [0.29, 0.717) is 6.42 Å². The zero-order valence-electron chi connectivity index (χ0n) is 5.11. The molecule has 0 aliphatic carbocycles. The molecular weight excluding hydrogens is 107 g/mol. The summed E-state index contributed by atoms with van der Waals surface area (Å²) in [5.41, 5.74) is 0. The fraction of sp³-hybridized carbons (Fsp3) is 0.833. The molecule has 48 valence electrons. The van der Waals surface area contributed by atoms with E-state index >= 15 is 0 Å². The molecule has 0 saturated heterocycles. The topological polar surface area (TPSA) is 17.1 Å². The quantitative estimate of drug-likeness (QED) is 0.408. The smallest absolute Gasteiger partial charge is 0.261 e. The van der Waals surface area contributed by atoms with Crippen molar-refractivity contribution in [1.82, 2.24) is 0 Å². The van der Waals surface area contributed by atoms with Crippen molar-refractivity contribution in [2.75, 3.05) is 0 Å². The summed E-state index contributed by atoms with van der Waals surface area (Å²) in [5.74, 6) is 0. The second-order valence-corrected chi connectivity index (χ2v) is 1.81. The van der Waals surface area contributed by atoms with E-state index in [1.54, 1.807) is 0 Å². The minimum absolute atomic E-state index is 0.105. The molecule has 0 aliphatic heterocycles. The molecule has 0 rings (SSSR count). The molecule has 0 heterocycles. The van der Waals surface area contributed by atoms with Crippen LogP contribution in [-0.2, 0) is 4.79 Å². The Morgan fingerprint density at radius 2 is 2.12 bits per heavy atom. The molecular formula is C6H11FO. The van der Waals surface area contributed by atoms with Crippen LogP contribution < -0.4 is 0 Å². The van der Waals surface area contributed by atoms with E-state index in [9.17, 15) is 9.18 Å². The molecule has 0 amide bonds. The van der Waals surface area contributed by atoms with E-state index in [1.165, 1.54) is 0 Å². The predicted octanol–water partition coefficient (Wildman–Crippen LogP) is 2.06. The lowest BCUT2D eigenvalue weighted by Crippen LogP contribution is -1.85. The lowest BCUT2D eigenvalue weighted by Gasteiger charge is -1.88. The van der Waals surface area contributed by atoms with E-state index in [2.05, 4.69) is 0 Å². The van der Waals surface area contributed by atoms with Crippen LogP contribution in [0.4, 0.5) is 4.39 Å². The molecule has 0 saturated carbocycles. The molecule has 0 N–H and O–H groups in total. The highest BCUT2D eigenvalue weighted by molar-refractivity contribution is 5.67. The zero-order valence-corrected chi connectivity index (χ0v) is 5.11. The Kier molecular flexibility index (Phi) is 4.51. The minimum atomic E-state index is -1.18. The van der Waals surface area contributed by atoms with Gasteiger partial charge < -0.3 is 0 Å². The van der Waals surface area contributed by atoms with Gasteiger partial charge in [-0.2, -0.15) is 4.39 Å². The Bertz CT molecular complexity index is 70.9. The molecule has 0 atom stereocenters. The first-order valence-corrected chi connectivity index (χ1v) is 2.95. The summed E-state index contributed by atoms with van der Waals surface area (Å²) in [5, 5.41) is 0. The summed E-state index contributed by atoms with van der Waals surface area (Å²) >= 11 is 0. The van der Waals surface area contributed by atoms with Crippen LogP contribution in [0.25, 0.3) is 0 Å². The van der Waals surface area contributed by atoms with Gasteiger partial charge in [-0.25, -0.2) is 0 Å². The summed E-state index contributed by atoms with van der Waals surface area (Å²) in [6.45, 7) is 2.02. The van der Waals surface area contributed by atoms with E-state index in [1.807, 2.05) is 6.92 Å². The van der Waals surface area contributed by atoms with Crippen LogP contribution in [-0.4, -0.2) is 6.04 Å². The SMILES string of the molecule is CCCCCC(=O)F. The number of rotatable bonds is 4. The first-order valence-electron chi connectivity index (χ1n) is 2.95. The lowest BCUT2D eigenvalue weighted by molar-refractivity contribution is -0.129. The monoisotopic (exact) mass is 118 g/mol. The summed E-state index contributed by atoms with van der Waals surface area (Å²) in [6, 6.07) is -1.18. The molecule has 0 spiro atoms. The molecule has 0 aliphatic rings. The minimum Gasteiger partial charge on any atom is -0.261 e. The van der Waals surface area contributed by atoms with Crippen LogP contribution in [0.15, 0.2) is 0 Å². The first kappa shape index (κ1) is 7.60. The molecule has 0 aromatic heterocycles. The average molecular weight is 118 g/mol. The van der Waals surface area contributed by atoms with Gasteiger partial charge in [-0.05, 0) is 6.42 Å². The Labute approximate surface area is 48.9 Å². The van der Waals surface area contributed by atoms with Crippen molar-refractivity contribution in [3.05, 3.63) is 0 Å². The third-order valence-corrected chi connectivity index (χ3v) is 0.977. The van der Waals surface area contributed by atoms with Crippen LogP contribution in [0.5, 0.6) is 0 Å². The fourth-order valence-corrected chi connectivity index (χ4v) is 0.514. The van der Waals surface area contributed by atoms with Crippen LogP contribution in [0.1, 0.15) is 32.6 Å². The van der Waals surface area contributed by atoms with Crippen molar-refractivity contribution in [3.63, 3.8) is 0 Å². The molecule has 1 nitrogen and oxygen atoms in total. The maximum absolute atomic E-state index is 11.4. The van der Waals surface area contributed by atoms with Gasteiger partial charge in [0.2, 0.25) is 0 Å². The average Bonchev–Trinajstić information content (AvgIpc) is 1.66. The number of carbonyl (C=O) groups is 1. The molecule has 0 fully saturated rings. The molecule has 0 unspecified atom stereocenters. The van der Waals surface area contributed by atoms with E-state index in [-0.39, 0.29) is 6.42 Å².